The van der Waals surface area contributed by atoms with Crippen LogP contribution in [0, 0.1) is 22.7 Å². The lowest BCUT2D eigenvalue weighted by Gasteiger charge is -2.56. The second kappa shape index (κ2) is 4.30. The maximum absolute atomic E-state index is 11.4. The topological polar surface area (TPSA) is 54.4 Å². The normalized spacial score (nSPS) is 42.7. The van der Waals surface area contributed by atoms with Gasteiger partial charge in [-0.2, -0.15) is 0 Å². The molecule has 3 nitrogen and oxygen atoms in total. The van der Waals surface area contributed by atoms with Gasteiger partial charge in [0, 0.05) is 11.5 Å². The van der Waals surface area contributed by atoms with Crippen LogP contribution in [-0.2, 0) is 9.59 Å². The minimum absolute atomic E-state index is 0.00140. The van der Waals surface area contributed by atoms with Gasteiger partial charge in [0.1, 0.15) is 12.6 Å². The van der Waals surface area contributed by atoms with Gasteiger partial charge < -0.3 is 9.90 Å². The predicted octanol–water partition coefficient (Wildman–Crippen LogP) is 2.13. The highest BCUT2D eigenvalue weighted by Gasteiger charge is 2.55. The van der Waals surface area contributed by atoms with Crippen molar-refractivity contribution in [3.8, 4) is 0 Å². The van der Waals surface area contributed by atoms with Crippen molar-refractivity contribution < 1.29 is 14.7 Å². The largest absolute Gasteiger partial charge is 0.389 e. The highest BCUT2D eigenvalue weighted by Crippen LogP contribution is 2.58. The Morgan fingerprint density at radius 3 is 2.50 bits per heavy atom. The lowest BCUT2D eigenvalue weighted by molar-refractivity contribution is -0.130. The van der Waals surface area contributed by atoms with Crippen LogP contribution in [0.15, 0.2) is 11.6 Å². The monoisotopic (exact) mass is 250 g/mol. The number of aliphatic hydroxyl groups excluding tert-OH is 1. The van der Waals surface area contributed by atoms with Gasteiger partial charge in [0.2, 0.25) is 0 Å². The Labute approximate surface area is 108 Å². The fraction of sp³-hybridized carbons (Fsp3) is 0.733. The van der Waals surface area contributed by atoms with Gasteiger partial charge in [0.05, 0.1) is 6.10 Å². The highest BCUT2D eigenvalue weighted by atomic mass is 16.3. The third kappa shape index (κ3) is 1.76. The van der Waals surface area contributed by atoms with Gasteiger partial charge in [-0.1, -0.05) is 27.2 Å². The van der Waals surface area contributed by atoms with Crippen LogP contribution in [0.4, 0.5) is 0 Å². The van der Waals surface area contributed by atoms with Crippen LogP contribution in [0.25, 0.3) is 0 Å². The molecule has 2 rings (SSSR count). The number of fused-ring (bicyclic) bond motifs is 1. The molecule has 0 aliphatic heterocycles. The summed E-state index contributed by atoms with van der Waals surface area (Å²) in [6.45, 7) is 6.36. The Balaban J connectivity index is 2.54. The highest BCUT2D eigenvalue weighted by molar-refractivity contribution is 5.82. The molecular weight excluding hydrogens is 228 g/mol. The minimum Gasteiger partial charge on any atom is -0.389 e. The number of aliphatic hydroxyl groups is 1. The molecule has 100 valence electrons. The summed E-state index contributed by atoms with van der Waals surface area (Å²) < 4.78 is 0. The van der Waals surface area contributed by atoms with Crippen molar-refractivity contribution in [1.29, 1.82) is 0 Å². The molecule has 0 spiro atoms. The molecule has 1 fully saturated rings. The van der Waals surface area contributed by atoms with Crippen molar-refractivity contribution in [2.24, 2.45) is 22.7 Å². The first-order valence-electron chi connectivity index (χ1n) is 6.67. The van der Waals surface area contributed by atoms with Crippen molar-refractivity contribution in [3.63, 3.8) is 0 Å². The number of allylic oxidation sites excluding steroid dienone is 1. The molecule has 1 saturated carbocycles. The zero-order valence-electron chi connectivity index (χ0n) is 11.3. The zero-order chi connectivity index (χ0) is 13.6. The molecule has 0 aromatic heterocycles. The average Bonchev–Trinajstić information content (AvgIpc) is 2.26. The lowest BCUT2D eigenvalue weighted by atomic mass is 9.48. The molecule has 1 N–H and O–H groups in total. The molecule has 4 atom stereocenters. The van der Waals surface area contributed by atoms with E-state index < -0.39 is 6.10 Å². The number of rotatable bonds is 2. The van der Waals surface area contributed by atoms with Crippen molar-refractivity contribution >= 4 is 12.6 Å². The fourth-order valence-corrected chi connectivity index (χ4v) is 4.45. The number of aldehydes is 2. The van der Waals surface area contributed by atoms with Crippen LogP contribution in [-0.4, -0.2) is 23.8 Å². The van der Waals surface area contributed by atoms with Crippen LogP contribution >= 0.6 is 0 Å². The van der Waals surface area contributed by atoms with Crippen molar-refractivity contribution in [2.75, 3.05) is 0 Å². The summed E-state index contributed by atoms with van der Waals surface area (Å²) in [4.78, 5) is 22.5. The van der Waals surface area contributed by atoms with Crippen LogP contribution in [0.2, 0.25) is 0 Å². The number of carbonyl (C=O) groups is 2. The third-order valence-corrected chi connectivity index (χ3v) is 5.14. The summed E-state index contributed by atoms with van der Waals surface area (Å²) in [5, 5.41) is 10.4. The zero-order valence-corrected chi connectivity index (χ0v) is 11.3. The molecule has 2 aliphatic rings. The van der Waals surface area contributed by atoms with Gasteiger partial charge in [0.25, 0.3) is 0 Å². The smallest absolute Gasteiger partial charge is 0.146 e. The Kier molecular flexibility index (Phi) is 3.22. The standard InChI is InChI=1S/C15H22O3/c1-14(2)5-4-6-15(3)11(9-17)10(8-16)7-12(18)13(14)15/h7-9,11-13,18H,4-6H2,1-3H3. The first kappa shape index (κ1) is 13.5. The van der Waals surface area contributed by atoms with Crippen molar-refractivity contribution in [1.82, 2.24) is 0 Å². The van der Waals surface area contributed by atoms with Gasteiger partial charge in [-0.25, -0.2) is 0 Å². The molecule has 0 aromatic rings. The first-order chi connectivity index (χ1) is 8.36. The quantitative estimate of drug-likeness (QED) is 0.764. The van der Waals surface area contributed by atoms with Gasteiger partial charge >= 0.3 is 0 Å². The summed E-state index contributed by atoms with van der Waals surface area (Å²) in [6, 6.07) is 0. The Hall–Kier alpha value is -0.960. The first-order valence-corrected chi connectivity index (χ1v) is 6.67. The molecule has 0 saturated heterocycles. The Morgan fingerprint density at radius 1 is 1.28 bits per heavy atom. The maximum Gasteiger partial charge on any atom is 0.146 e. The van der Waals surface area contributed by atoms with Gasteiger partial charge in [0.15, 0.2) is 0 Å². The van der Waals surface area contributed by atoms with Gasteiger partial charge in [-0.15, -0.1) is 0 Å². The third-order valence-electron chi connectivity index (χ3n) is 5.14. The van der Waals surface area contributed by atoms with Crippen LogP contribution < -0.4 is 0 Å². The molecule has 0 aromatic carbocycles. The summed E-state index contributed by atoms with van der Waals surface area (Å²) in [5.74, 6) is -0.333. The van der Waals surface area contributed by atoms with Gasteiger partial charge in [-0.3, -0.25) is 4.79 Å². The van der Waals surface area contributed by atoms with E-state index >= 15 is 0 Å². The average molecular weight is 250 g/mol. The predicted molar refractivity (Wildman–Crippen MR) is 68.9 cm³/mol. The Bertz CT molecular complexity index is 397. The van der Waals surface area contributed by atoms with Crippen LogP contribution in [0.5, 0.6) is 0 Å². The van der Waals surface area contributed by atoms with Crippen LogP contribution in [0.3, 0.4) is 0 Å². The molecule has 0 radical (unpaired) electrons. The van der Waals surface area contributed by atoms with E-state index in [2.05, 4.69) is 20.8 Å². The van der Waals surface area contributed by atoms with Crippen LogP contribution in [0.1, 0.15) is 40.0 Å². The summed E-state index contributed by atoms with van der Waals surface area (Å²) in [6.07, 6.45) is 5.58. The molecule has 4 unspecified atom stereocenters. The minimum atomic E-state index is -0.623. The van der Waals surface area contributed by atoms with E-state index in [1.54, 1.807) is 6.08 Å². The van der Waals surface area contributed by atoms with E-state index in [0.717, 1.165) is 31.8 Å². The number of carbonyl (C=O) groups excluding carboxylic acids is 2. The summed E-state index contributed by atoms with van der Waals surface area (Å²) >= 11 is 0. The second-order valence-electron chi connectivity index (χ2n) is 6.71. The Morgan fingerprint density at radius 2 is 1.94 bits per heavy atom. The van der Waals surface area contributed by atoms with E-state index in [1.807, 2.05) is 0 Å². The molecule has 0 amide bonds. The molecule has 0 bridgehead atoms. The molecule has 2 aliphatic carbocycles. The molecular formula is C15H22O3. The van der Waals surface area contributed by atoms with E-state index in [0.29, 0.717) is 5.57 Å². The van der Waals surface area contributed by atoms with E-state index in [9.17, 15) is 14.7 Å². The number of hydrogen-bond donors (Lipinski definition) is 1. The fourth-order valence-electron chi connectivity index (χ4n) is 4.45. The van der Waals surface area contributed by atoms with Gasteiger partial charge in [-0.05, 0) is 35.7 Å². The molecule has 0 heterocycles. The van der Waals surface area contributed by atoms with E-state index in [-0.39, 0.29) is 22.7 Å². The summed E-state index contributed by atoms with van der Waals surface area (Å²) in [7, 11) is 0. The van der Waals surface area contributed by atoms with E-state index in [1.165, 1.54) is 0 Å². The SMILES string of the molecule is CC1(C)CCCC2(C)C(C=O)C(C=O)=CC(O)C12. The lowest BCUT2D eigenvalue weighted by Crippen LogP contribution is -2.54. The second-order valence-corrected chi connectivity index (χ2v) is 6.71. The molecule has 18 heavy (non-hydrogen) atoms. The van der Waals surface area contributed by atoms with Crippen molar-refractivity contribution in [2.45, 2.75) is 46.1 Å². The van der Waals surface area contributed by atoms with Crippen molar-refractivity contribution in [3.05, 3.63) is 11.6 Å². The summed E-state index contributed by atoms with van der Waals surface area (Å²) in [5.41, 5.74) is 0.154. The molecule has 3 heteroatoms. The number of hydrogen-bond acceptors (Lipinski definition) is 3. The maximum atomic E-state index is 11.4. The van der Waals surface area contributed by atoms with E-state index in [4.69, 9.17) is 0 Å².